The average molecular weight is 265 g/mol. The van der Waals surface area contributed by atoms with E-state index in [1.807, 2.05) is 24.3 Å². The van der Waals surface area contributed by atoms with Gasteiger partial charge in [-0.3, -0.25) is 9.59 Å². The Bertz CT molecular complexity index is 428. The third kappa shape index (κ3) is 5.42. The van der Waals surface area contributed by atoms with E-state index in [0.717, 1.165) is 11.3 Å². The second-order valence-electron chi connectivity index (χ2n) is 4.25. The zero-order chi connectivity index (χ0) is 14.3. The number of benzene rings is 1. The number of amides is 1. The van der Waals surface area contributed by atoms with Crippen molar-refractivity contribution in [3.05, 3.63) is 29.8 Å². The van der Waals surface area contributed by atoms with Crippen LogP contribution in [0.15, 0.2) is 24.3 Å². The molecular weight excluding hydrogens is 246 g/mol. The second kappa shape index (κ2) is 7.41. The highest BCUT2D eigenvalue weighted by Gasteiger charge is 2.10. The van der Waals surface area contributed by atoms with Crippen molar-refractivity contribution < 1.29 is 19.4 Å². The van der Waals surface area contributed by atoms with Crippen LogP contribution in [0.25, 0.3) is 0 Å². The van der Waals surface area contributed by atoms with Crippen molar-refractivity contribution in [2.45, 2.75) is 19.8 Å². The summed E-state index contributed by atoms with van der Waals surface area (Å²) in [6, 6.07) is 7.61. The molecule has 1 amide bonds. The van der Waals surface area contributed by atoms with E-state index in [2.05, 4.69) is 0 Å². The topological polar surface area (TPSA) is 66.8 Å². The highest BCUT2D eigenvalue weighted by molar-refractivity contribution is 5.74. The van der Waals surface area contributed by atoms with Gasteiger partial charge in [-0.2, -0.15) is 0 Å². The minimum atomic E-state index is -0.893. The molecule has 0 unspecified atom stereocenters. The van der Waals surface area contributed by atoms with E-state index < -0.39 is 5.97 Å². The van der Waals surface area contributed by atoms with E-state index in [0.29, 0.717) is 13.0 Å². The molecule has 5 heteroatoms. The number of carboxylic acids is 1. The number of methoxy groups -OCH3 is 1. The Kier molecular flexibility index (Phi) is 5.85. The summed E-state index contributed by atoms with van der Waals surface area (Å²) in [6.45, 7) is 2.23. The van der Waals surface area contributed by atoms with Crippen LogP contribution in [0.3, 0.4) is 0 Å². The number of hydrogen-bond donors (Lipinski definition) is 1. The number of nitrogens with zero attached hydrogens (tertiary/aromatic N) is 1. The molecule has 0 aromatic heterocycles. The molecule has 0 saturated heterocycles. The maximum atomic E-state index is 11.4. The number of carbonyl (C=O) groups is 2. The van der Waals surface area contributed by atoms with E-state index in [-0.39, 0.29) is 18.9 Å². The second-order valence-corrected chi connectivity index (χ2v) is 4.25. The quantitative estimate of drug-likeness (QED) is 0.812. The van der Waals surface area contributed by atoms with Crippen molar-refractivity contribution in [3.8, 4) is 5.75 Å². The monoisotopic (exact) mass is 265 g/mol. The summed E-state index contributed by atoms with van der Waals surface area (Å²) in [5.74, 6) is -0.205. The smallest absolute Gasteiger partial charge is 0.305 e. The van der Waals surface area contributed by atoms with Crippen molar-refractivity contribution in [2.75, 3.05) is 20.2 Å². The van der Waals surface area contributed by atoms with Crippen LogP contribution >= 0.6 is 0 Å². The molecule has 0 spiro atoms. The molecule has 0 saturated carbocycles. The molecule has 1 aromatic rings. The van der Waals surface area contributed by atoms with Crippen LogP contribution in [0.4, 0.5) is 0 Å². The maximum Gasteiger partial charge on any atom is 0.305 e. The summed E-state index contributed by atoms with van der Waals surface area (Å²) in [4.78, 5) is 23.5. The number of rotatable bonds is 7. The number of carboxylic acid groups (broad SMARTS) is 1. The SMILES string of the molecule is COc1ccc(CCN(CCC(=O)O)C(C)=O)cc1. The zero-order valence-corrected chi connectivity index (χ0v) is 11.3. The summed E-state index contributed by atoms with van der Waals surface area (Å²) in [5, 5.41) is 8.64. The molecular formula is C14H19NO4. The first kappa shape index (κ1) is 15.0. The molecule has 1 aromatic carbocycles. The third-order valence-electron chi connectivity index (χ3n) is 2.87. The summed E-state index contributed by atoms with van der Waals surface area (Å²) < 4.78 is 5.07. The lowest BCUT2D eigenvalue weighted by molar-refractivity contribution is -0.138. The van der Waals surface area contributed by atoms with Crippen LogP contribution in [0, 0.1) is 0 Å². The van der Waals surface area contributed by atoms with Gasteiger partial charge in [-0.1, -0.05) is 12.1 Å². The van der Waals surface area contributed by atoms with Crippen LogP contribution in [-0.4, -0.2) is 42.1 Å². The van der Waals surface area contributed by atoms with Crippen molar-refractivity contribution in [2.24, 2.45) is 0 Å². The van der Waals surface area contributed by atoms with E-state index >= 15 is 0 Å². The number of ether oxygens (including phenoxy) is 1. The fraction of sp³-hybridized carbons (Fsp3) is 0.429. The number of carbonyl (C=O) groups excluding carboxylic acids is 1. The summed E-state index contributed by atoms with van der Waals surface area (Å²) in [7, 11) is 1.61. The van der Waals surface area contributed by atoms with Crippen molar-refractivity contribution in [3.63, 3.8) is 0 Å². The summed E-state index contributed by atoms with van der Waals surface area (Å²) in [5.41, 5.74) is 1.09. The number of aliphatic carboxylic acids is 1. The molecule has 0 atom stereocenters. The lowest BCUT2D eigenvalue weighted by Gasteiger charge is -2.20. The van der Waals surface area contributed by atoms with Crippen LogP contribution < -0.4 is 4.74 Å². The molecule has 1 rings (SSSR count). The molecule has 0 aliphatic rings. The van der Waals surface area contributed by atoms with Gasteiger partial charge in [0.05, 0.1) is 13.5 Å². The molecule has 19 heavy (non-hydrogen) atoms. The van der Waals surface area contributed by atoms with Gasteiger partial charge in [0.25, 0.3) is 0 Å². The lowest BCUT2D eigenvalue weighted by Crippen LogP contribution is -2.32. The Morgan fingerprint density at radius 1 is 1.21 bits per heavy atom. The van der Waals surface area contributed by atoms with Gasteiger partial charge >= 0.3 is 5.97 Å². The zero-order valence-electron chi connectivity index (χ0n) is 11.3. The van der Waals surface area contributed by atoms with Gasteiger partial charge in [0.15, 0.2) is 0 Å². The summed E-state index contributed by atoms with van der Waals surface area (Å²) in [6.07, 6.45) is 0.672. The first-order valence-electron chi connectivity index (χ1n) is 6.13. The molecule has 0 aliphatic carbocycles. The Labute approximate surface area is 112 Å². The normalized spacial score (nSPS) is 10.0. The predicted molar refractivity (Wildman–Crippen MR) is 71.2 cm³/mol. The Morgan fingerprint density at radius 3 is 2.32 bits per heavy atom. The van der Waals surface area contributed by atoms with Gasteiger partial charge in [0.2, 0.25) is 5.91 Å². The highest BCUT2D eigenvalue weighted by atomic mass is 16.5. The molecule has 5 nitrogen and oxygen atoms in total. The largest absolute Gasteiger partial charge is 0.497 e. The molecule has 0 radical (unpaired) electrons. The maximum absolute atomic E-state index is 11.4. The lowest BCUT2D eigenvalue weighted by atomic mass is 10.1. The van der Waals surface area contributed by atoms with Crippen molar-refractivity contribution >= 4 is 11.9 Å². The molecule has 0 fully saturated rings. The standard InChI is InChI=1S/C14H19NO4/c1-11(16)15(10-8-14(17)18)9-7-12-3-5-13(19-2)6-4-12/h3-6H,7-10H2,1-2H3,(H,17,18). The van der Waals surface area contributed by atoms with Gasteiger partial charge in [0.1, 0.15) is 5.75 Å². The highest BCUT2D eigenvalue weighted by Crippen LogP contribution is 2.12. The average Bonchev–Trinajstić information content (AvgIpc) is 2.38. The molecule has 0 aliphatic heterocycles. The van der Waals surface area contributed by atoms with Crippen molar-refractivity contribution in [1.82, 2.24) is 4.90 Å². The fourth-order valence-corrected chi connectivity index (χ4v) is 1.71. The minimum absolute atomic E-state index is 0.0256. The Morgan fingerprint density at radius 2 is 1.84 bits per heavy atom. The molecule has 0 heterocycles. The van der Waals surface area contributed by atoms with E-state index in [1.54, 1.807) is 12.0 Å². The van der Waals surface area contributed by atoms with Crippen LogP contribution in [-0.2, 0) is 16.0 Å². The first-order chi connectivity index (χ1) is 9.02. The van der Waals surface area contributed by atoms with Gasteiger partial charge in [-0.05, 0) is 24.1 Å². The Balaban J connectivity index is 2.50. The summed E-state index contributed by atoms with van der Waals surface area (Å²) >= 11 is 0. The molecule has 1 N–H and O–H groups in total. The van der Waals surface area contributed by atoms with Crippen LogP contribution in [0.1, 0.15) is 18.9 Å². The van der Waals surface area contributed by atoms with E-state index in [9.17, 15) is 9.59 Å². The van der Waals surface area contributed by atoms with E-state index in [1.165, 1.54) is 6.92 Å². The van der Waals surface area contributed by atoms with Gasteiger partial charge in [-0.15, -0.1) is 0 Å². The van der Waals surface area contributed by atoms with Gasteiger partial charge in [-0.25, -0.2) is 0 Å². The predicted octanol–water partition coefficient (Wildman–Crippen LogP) is 1.56. The Hall–Kier alpha value is -2.04. The molecule has 104 valence electrons. The molecule has 0 bridgehead atoms. The third-order valence-corrected chi connectivity index (χ3v) is 2.87. The van der Waals surface area contributed by atoms with Crippen LogP contribution in [0.2, 0.25) is 0 Å². The van der Waals surface area contributed by atoms with Gasteiger partial charge in [0, 0.05) is 20.0 Å². The van der Waals surface area contributed by atoms with Crippen LogP contribution in [0.5, 0.6) is 5.75 Å². The van der Waals surface area contributed by atoms with E-state index in [4.69, 9.17) is 9.84 Å². The van der Waals surface area contributed by atoms with Gasteiger partial charge < -0.3 is 14.7 Å². The number of hydrogen-bond acceptors (Lipinski definition) is 3. The minimum Gasteiger partial charge on any atom is -0.497 e. The first-order valence-corrected chi connectivity index (χ1v) is 6.13. The van der Waals surface area contributed by atoms with Crippen molar-refractivity contribution in [1.29, 1.82) is 0 Å². The fourth-order valence-electron chi connectivity index (χ4n) is 1.71.